The highest BCUT2D eigenvalue weighted by Gasteiger charge is 2.04. The summed E-state index contributed by atoms with van der Waals surface area (Å²) < 4.78 is 1.02. The molecule has 1 aromatic carbocycles. The molecule has 0 radical (unpaired) electrons. The number of carbonyl (C=O) groups is 1. The van der Waals surface area contributed by atoms with Gasteiger partial charge in [-0.2, -0.15) is 5.21 Å². The molecule has 0 aliphatic heterocycles. The van der Waals surface area contributed by atoms with Crippen LogP contribution in [0.25, 0.3) is 0 Å². The summed E-state index contributed by atoms with van der Waals surface area (Å²) >= 11 is 4.84. The highest BCUT2D eigenvalue weighted by molar-refractivity contribution is 9.10. The first-order valence-corrected chi connectivity index (χ1v) is 6.89. The molecule has 0 saturated carbocycles. The summed E-state index contributed by atoms with van der Waals surface area (Å²) in [6, 6.07) is 7.81. The molecule has 0 spiro atoms. The molecule has 6 nitrogen and oxygen atoms in total. The second-order valence-electron chi connectivity index (χ2n) is 3.35. The molecule has 0 aliphatic rings. The smallest absolute Gasteiger partial charge is 0.230 e. The quantitative estimate of drug-likeness (QED) is 0.810. The van der Waals surface area contributed by atoms with E-state index in [1.165, 1.54) is 11.8 Å². The predicted octanol–water partition coefficient (Wildman–Crippen LogP) is 1.37. The summed E-state index contributed by atoms with van der Waals surface area (Å²) in [7, 11) is 0. The summed E-state index contributed by atoms with van der Waals surface area (Å²) in [6.07, 6.45) is 0. The lowest BCUT2D eigenvalue weighted by atomic mass is 10.4. The number of benzene rings is 1. The minimum Gasteiger partial charge on any atom is -0.348 e. The highest BCUT2D eigenvalue weighted by Crippen LogP contribution is 2.20. The molecule has 18 heavy (non-hydrogen) atoms. The standard InChI is InChI=1S/C10H10BrN5OS/c11-7-1-3-8(4-2-7)18-6-10(17)12-5-9-13-15-16-14-9/h1-4H,5-6H2,(H,12,17)(H,13,14,15,16). The number of aromatic amines is 1. The van der Waals surface area contributed by atoms with E-state index in [0.29, 0.717) is 11.6 Å². The van der Waals surface area contributed by atoms with E-state index in [-0.39, 0.29) is 12.5 Å². The average molecular weight is 328 g/mol. The molecule has 2 N–H and O–H groups in total. The van der Waals surface area contributed by atoms with Crippen LogP contribution < -0.4 is 5.32 Å². The molecule has 0 unspecified atom stereocenters. The third kappa shape index (κ3) is 4.11. The van der Waals surface area contributed by atoms with Gasteiger partial charge in [0.05, 0.1) is 12.3 Å². The predicted molar refractivity (Wildman–Crippen MR) is 70.9 cm³/mol. The van der Waals surface area contributed by atoms with Crippen LogP contribution in [-0.4, -0.2) is 32.3 Å². The van der Waals surface area contributed by atoms with Crippen LogP contribution >= 0.6 is 27.7 Å². The minimum atomic E-state index is -0.0623. The molecule has 0 aliphatic carbocycles. The Kier molecular flexibility index (Phi) is 4.71. The zero-order valence-corrected chi connectivity index (χ0v) is 11.7. The fraction of sp³-hybridized carbons (Fsp3) is 0.200. The fourth-order valence-electron chi connectivity index (χ4n) is 1.17. The van der Waals surface area contributed by atoms with E-state index in [9.17, 15) is 4.79 Å². The number of hydrogen-bond donors (Lipinski definition) is 2. The number of nitrogens with one attached hydrogen (secondary N) is 2. The second-order valence-corrected chi connectivity index (χ2v) is 5.31. The molecule has 0 bridgehead atoms. The van der Waals surface area contributed by atoms with Crippen molar-refractivity contribution >= 4 is 33.6 Å². The summed E-state index contributed by atoms with van der Waals surface area (Å²) in [4.78, 5) is 12.6. The monoisotopic (exact) mass is 327 g/mol. The van der Waals surface area contributed by atoms with Crippen molar-refractivity contribution in [2.45, 2.75) is 11.4 Å². The zero-order chi connectivity index (χ0) is 12.8. The van der Waals surface area contributed by atoms with Crippen LogP contribution in [0.5, 0.6) is 0 Å². The van der Waals surface area contributed by atoms with E-state index in [1.807, 2.05) is 24.3 Å². The third-order valence-electron chi connectivity index (χ3n) is 2.02. The van der Waals surface area contributed by atoms with Crippen molar-refractivity contribution in [2.24, 2.45) is 0 Å². The number of tetrazole rings is 1. The molecular weight excluding hydrogens is 318 g/mol. The van der Waals surface area contributed by atoms with Gasteiger partial charge in [0.1, 0.15) is 0 Å². The first-order valence-electron chi connectivity index (χ1n) is 5.11. The first-order chi connectivity index (χ1) is 8.74. The summed E-state index contributed by atoms with van der Waals surface area (Å²) in [5.74, 6) is 0.768. The molecule has 0 fully saturated rings. The number of halogens is 1. The summed E-state index contributed by atoms with van der Waals surface area (Å²) in [5.41, 5.74) is 0. The van der Waals surface area contributed by atoms with Gasteiger partial charge >= 0.3 is 0 Å². The normalized spacial score (nSPS) is 10.3. The van der Waals surface area contributed by atoms with E-state index in [4.69, 9.17) is 0 Å². The number of amides is 1. The van der Waals surface area contributed by atoms with Crippen LogP contribution in [0.4, 0.5) is 0 Å². The van der Waals surface area contributed by atoms with Crippen molar-refractivity contribution in [3.8, 4) is 0 Å². The molecule has 0 saturated heterocycles. The molecule has 0 atom stereocenters. The van der Waals surface area contributed by atoms with Crippen molar-refractivity contribution < 1.29 is 4.79 Å². The first kappa shape index (κ1) is 13.0. The molecule has 1 amide bonds. The van der Waals surface area contributed by atoms with E-state index in [2.05, 4.69) is 41.9 Å². The summed E-state index contributed by atoms with van der Waals surface area (Å²) in [6.45, 7) is 0.288. The Morgan fingerprint density at radius 3 is 2.83 bits per heavy atom. The van der Waals surface area contributed by atoms with E-state index in [1.54, 1.807) is 0 Å². The SMILES string of the molecule is O=C(CSc1ccc(Br)cc1)NCc1nn[nH]n1. The van der Waals surface area contributed by atoms with Crippen LogP contribution in [0.2, 0.25) is 0 Å². The Morgan fingerprint density at radius 2 is 2.17 bits per heavy atom. The number of H-pyrrole nitrogens is 1. The maximum atomic E-state index is 11.6. The number of carbonyl (C=O) groups excluding carboxylic acids is 1. The van der Waals surface area contributed by atoms with Gasteiger partial charge in [-0.25, -0.2) is 0 Å². The molecule has 1 aromatic heterocycles. The van der Waals surface area contributed by atoms with Crippen LogP contribution in [0.15, 0.2) is 33.6 Å². The highest BCUT2D eigenvalue weighted by atomic mass is 79.9. The zero-order valence-electron chi connectivity index (χ0n) is 9.26. The second kappa shape index (κ2) is 6.50. The van der Waals surface area contributed by atoms with Crippen molar-refractivity contribution in [1.82, 2.24) is 25.9 Å². The number of thioether (sulfide) groups is 1. The van der Waals surface area contributed by atoms with Gasteiger partial charge < -0.3 is 5.32 Å². The van der Waals surface area contributed by atoms with Gasteiger partial charge in [-0.1, -0.05) is 21.1 Å². The van der Waals surface area contributed by atoms with Crippen LogP contribution in [0, 0.1) is 0 Å². The molecule has 94 valence electrons. The fourth-order valence-corrected chi connectivity index (χ4v) is 2.16. The van der Waals surface area contributed by atoms with E-state index in [0.717, 1.165) is 9.37 Å². The number of aromatic nitrogens is 4. The maximum Gasteiger partial charge on any atom is 0.230 e. The van der Waals surface area contributed by atoms with Crippen molar-refractivity contribution in [2.75, 3.05) is 5.75 Å². The molecular formula is C10H10BrN5OS. The van der Waals surface area contributed by atoms with Crippen molar-refractivity contribution in [3.05, 3.63) is 34.6 Å². The van der Waals surface area contributed by atoms with Gasteiger partial charge in [-0.05, 0) is 24.3 Å². The Labute approximate surface area is 116 Å². The Balaban J connectivity index is 1.73. The lowest BCUT2D eigenvalue weighted by Crippen LogP contribution is -2.25. The number of hydrogen-bond acceptors (Lipinski definition) is 5. The van der Waals surface area contributed by atoms with Crippen LogP contribution in [-0.2, 0) is 11.3 Å². The van der Waals surface area contributed by atoms with Crippen molar-refractivity contribution in [1.29, 1.82) is 0 Å². The Morgan fingerprint density at radius 1 is 1.39 bits per heavy atom. The lowest BCUT2D eigenvalue weighted by Gasteiger charge is -2.02. The average Bonchev–Trinajstić information content (AvgIpc) is 2.89. The van der Waals surface area contributed by atoms with E-state index < -0.39 is 0 Å². The number of rotatable bonds is 5. The van der Waals surface area contributed by atoms with Crippen LogP contribution in [0.3, 0.4) is 0 Å². The minimum absolute atomic E-state index is 0.0623. The number of nitrogens with zero attached hydrogens (tertiary/aromatic N) is 3. The largest absolute Gasteiger partial charge is 0.348 e. The topological polar surface area (TPSA) is 83.6 Å². The van der Waals surface area contributed by atoms with Gasteiger partial charge in [0, 0.05) is 9.37 Å². The van der Waals surface area contributed by atoms with Gasteiger partial charge in [-0.3, -0.25) is 4.79 Å². The Bertz CT molecular complexity index is 501. The van der Waals surface area contributed by atoms with Gasteiger partial charge in [0.2, 0.25) is 5.91 Å². The van der Waals surface area contributed by atoms with Gasteiger partial charge in [0.15, 0.2) is 5.82 Å². The summed E-state index contributed by atoms with van der Waals surface area (Å²) in [5, 5.41) is 15.9. The van der Waals surface area contributed by atoms with Gasteiger partial charge in [-0.15, -0.1) is 22.0 Å². The Hall–Kier alpha value is -1.41. The molecule has 1 heterocycles. The van der Waals surface area contributed by atoms with Crippen LogP contribution in [0.1, 0.15) is 5.82 Å². The maximum absolute atomic E-state index is 11.6. The third-order valence-corrected chi connectivity index (χ3v) is 3.56. The van der Waals surface area contributed by atoms with Gasteiger partial charge in [0.25, 0.3) is 0 Å². The van der Waals surface area contributed by atoms with Crippen molar-refractivity contribution in [3.63, 3.8) is 0 Å². The van der Waals surface area contributed by atoms with E-state index >= 15 is 0 Å². The molecule has 8 heteroatoms. The molecule has 2 aromatic rings. The molecule has 2 rings (SSSR count). The lowest BCUT2D eigenvalue weighted by molar-refractivity contribution is -0.118.